The van der Waals surface area contributed by atoms with E-state index in [1.807, 2.05) is 20.8 Å². The van der Waals surface area contributed by atoms with Gasteiger partial charge in [0.15, 0.2) is 0 Å². The number of rotatable bonds is 5. The van der Waals surface area contributed by atoms with E-state index >= 15 is 0 Å². The summed E-state index contributed by atoms with van der Waals surface area (Å²) in [5.41, 5.74) is 2.21. The second kappa shape index (κ2) is 8.17. The van der Waals surface area contributed by atoms with Gasteiger partial charge in [-0.25, -0.2) is 14.8 Å². The molecule has 0 radical (unpaired) electrons. The number of nitrogens with zero attached hydrogens (tertiary/aromatic N) is 3. The number of amides is 2. The highest BCUT2D eigenvalue weighted by molar-refractivity contribution is 7.13. The number of carbonyl (C=O) groups is 1. The Balaban J connectivity index is 1.44. The van der Waals surface area contributed by atoms with Crippen molar-refractivity contribution in [3.63, 3.8) is 0 Å². The van der Waals surface area contributed by atoms with Crippen LogP contribution in [0.3, 0.4) is 0 Å². The SMILES string of the molecule is Cc1nc(-c2cccs2)cc(C2CN3CCC2CC3CNC(=O)NC(C)C)n1. The van der Waals surface area contributed by atoms with Crippen LogP contribution < -0.4 is 10.6 Å². The first-order chi connectivity index (χ1) is 13.5. The van der Waals surface area contributed by atoms with Crippen LogP contribution in [0, 0.1) is 12.8 Å². The molecule has 0 saturated carbocycles. The average molecular weight is 400 g/mol. The third-order valence-corrected chi connectivity index (χ3v) is 6.70. The molecule has 0 aromatic carbocycles. The third kappa shape index (κ3) is 4.20. The summed E-state index contributed by atoms with van der Waals surface area (Å²) < 4.78 is 0. The van der Waals surface area contributed by atoms with Gasteiger partial charge in [-0.05, 0) is 63.6 Å². The van der Waals surface area contributed by atoms with E-state index in [2.05, 4.69) is 44.1 Å². The molecule has 2 N–H and O–H groups in total. The summed E-state index contributed by atoms with van der Waals surface area (Å²) in [5.74, 6) is 1.92. The minimum absolute atomic E-state index is 0.0683. The van der Waals surface area contributed by atoms with Crippen LogP contribution in [-0.4, -0.2) is 52.6 Å². The molecule has 0 spiro atoms. The molecule has 7 heteroatoms. The molecule has 2 amide bonds. The van der Waals surface area contributed by atoms with E-state index in [0.717, 1.165) is 31.0 Å². The lowest BCUT2D eigenvalue weighted by atomic mass is 9.74. The molecule has 28 heavy (non-hydrogen) atoms. The number of thiophene rings is 1. The maximum atomic E-state index is 11.9. The molecule has 3 saturated heterocycles. The van der Waals surface area contributed by atoms with E-state index in [4.69, 9.17) is 4.98 Å². The molecular formula is C21H29N5OS. The number of fused-ring (bicyclic) bond motifs is 3. The molecule has 2 aromatic heterocycles. The zero-order valence-electron chi connectivity index (χ0n) is 16.8. The summed E-state index contributed by atoms with van der Waals surface area (Å²) in [6, 6.07) is 6.89. The van der Waals surface area contributed by atoms with Gasteiger partial charge in [-0.3, -0.25) is 4.90 Å². The number of hydrogen-bond acceptors (Lipinski definition) is 5. The largest absolute Gasteiger partial charge is 0.337 e. The first-order valence-corrected chi connectivity index (χ1v) is 11.1. The van der Waals surface area contributed by atoms with Crippen LogP contribution in [0.15, 0.2) is 23.6 Å². The highest BCUT2D eigenvalue weighted by Crippen LogP contribution is 2.41. The first-order valence-electron chi connectivity index (χ1n) is 10.2. The second-order valence-corrected chi connectivity index (χ2v) is 9.20. The lowest BCUT2D eigenvalue weighted by Gasteiger charge is -2.49. The fourth-order valence-corrected chi connectivity index (χ4v) is 5.23. The topological polar surface area (TPSA) is 70.2 Å². The molecule has 6 nitrogen and oxygen atoms in total. The number of hydrogen-bond donors (Lipinski definition) is 2. The molecule has 2 bridgehead atoms. The van der Waals surface area contributed by atoms with Gasteiger partial charge in [-0.15, -0.1) is 11.3 Å². The monoisotopic (exact) mass is 399 g/mol. The van der Waals surface area contributed by atoms with Gasteiger partial charge in [0, 0.05) is 36.8 Å². The van der Waals surface area contributed by atoms with Crippen LogP contribution in [-0.2, 0) is 0 Å². The van der Waals surface area contributed by atoms with E-state index < -0.39 is 0 Å². The van der Waals surface area contributed by atoms with Gasteiger partial charge in [0.05, 0.1) is 10.6 Å². The average Bonchev–Trinajstić information content (AvgIpc) is 3.20. The van der Waals surface area contributed by atoms with Gasteiger partial charge in [-0.2, -0.15) is 0 Å². The second-order valence-electron chi connectivity index (χ2n) is 8.25. The Labute approximate surface area is 170 Å². The Bertz CT molecular complexity index is 822. The van der Waals surface area contributed by atoms with E-state index in [1.165, 1.54) is 17.0 Å². The Morgan fingerprint density at radius 3 is 2.93 bits per heavy atom. The summed E-state index contributed by atoms with van der Waals surface area (Å²) >= 11 is 1.72. The molecule has 0 aliphatic carbocycles. The fourth-order valence-electron chi connectivity index (χ4n) is 4.54. The first kappa shape index (κ1) is 19.3. The molecule has 3 aliphatic rings. The Hall–Kier alpha value is -1.99. The number of carbonyl (C=O) groups excluding carboxylic acids is 1. The maximum absolute atomic E-state index is 11.9. The van der Waals surface area contributed by atoms with Crippen molar-refractivity contribution in [2.45, 2.75) is 51.6 Å². The van der Waals surface area contributed by atoms with Crippen LogP contribution >= 0.6 is 11.3 Å². The van der Waals surface area contributed by atoms with E-state index in [1.54, 1.807) is 11.3 Å². The molecule has 5 rings (SSSR count). The van der Waals surface area contributed by atoms with Crippen LogP contribution in [0.4, 0.5) is 4.79 Å². The van der Waals surface area contributed by atoms with Crippen LogP contribution in [0.5, 0.6) is 0 Å². The van der Waals surface area contributed by atoms with Crippen molar-refractivity contribution in [1.29, 1.82) is 0 Å². The predicted octanol–water partition coefficient (Wildman–Crippen LogP) is 3.40. The van der Waals surface area contributed by atoms with Gasteiger partial charge in [0.1, 0.15) is 5.82 Å². The number of aromatic nitrogens is 2. The van der Waals surface area contributed by atoms with Crippen molar-refractivity contribution in [1.82, 2.24) is 25.5 Å². The zero-order chi connectivity index (χ0) is 19.7. The smallest absolute Gasteiger partial charge is 0.315 e. The van der Waals surface area contributed by atoms with Crippen LogP contribution in [0.25, 0.3) is 10.6 Å². The minimum atomic E-state index is -0.0683. The normalized spacial score (nSPS) is 26.4. The van der Waals surface area contributed by atoms with Crippen molar-refractivity contribution < 1.29 is 4.79 Å². The van der Waals surface area contributed by atoms with Crippen LogP contribution in [0.1, 0.15) is 44.1 Å². The Kier molecular flexibility index (Phi) is 5.64. The molecular weight excluding hydrogens is 370 g/mol. The third-order valence-electron chi connectivity index (χ3n) is 5.81. The lowest BCUT2D eigenvalue weighted by Crippen LogP contribution is -2.57. The lowest BCUT2D eigenvalue weighted by molar-refractivity contribution is 0.0304. The summed E-state index contributed by atoms with van der Waals surface area (Å²) in [7, 11) is 0. The van der Waals surface area contributed by atoms with Crippen molar-refractivity contribution in [3.8, 4) is 10.6 Å². The van der Waals surface area contributed by atoms with E-state index in [0.29, 0.717) is 24.4 Å². The summed E-state index contributed by atoms with van der Waals surface area (Å²) in [5, 5.41) is 8.04. The highest BCUT2D eigenvalue weighted by atomic mass is 32.1. The predicted molar refractivity (Wildman–Crippen MR) is 113 cm³/mol. The quantitative estimate of drug-likeness (QED) is 0.808. The molecule has 4 atom stereocenters. The Morgan fingerprint density at radius 1 is 1.39 bits per heavy atom. The summed E-state index contributed by atoms with van der Waals surface area (Å²) in [6.45, 7) is 8.78. The van der Waals surface area contributed by atoms with Gasteiger partial charge in [0.25, 0.3) is 0 Å². The van der Waals surface area contributed by atoms with E-state index in [-0.39, 0.29) is 12.1 Å². The number of urea groups is 1. The van der Waals surface area contributed by atoms with Crippen molar-refractivity contribution in [2.24, 2.45) is 5.92 Å². The van der Waals surface area contributed by atoms with Crippen molar-refractivity contribution >= 4 is 17.4 Å². The maximum Gasteiger partial charge on any atom is 0.315 e. The van der Waals surface area contributed by atoms with E-state index in [9.17, 15) is 4.79 Å². The summed E-state index contributed by atoms with van der Waals surface area (Å²) in [4.78, 5) is 25.1. The number of nitrogens with one attached hydrogen (secondary N) is 2. The molecule has 3 aliphatic heterocycles. The molecule has 150 valence electrons. The summed E-state index contributed by atoms with van der Waals surface area (Å²) in [6.07, 6.45) is 2.32. The molecule has 4 unspecified atom stereocenters. The molecule has 3 fully saturated rings. The van der Waals surface area contributed by atoms with Gasteiger partial charge >= 0.3 is 6.03 Å². The number of piperidine rings is 3. The van der Waals surface area contributed by atoms with Crippen LogP contribution in [0.2, 0.25) is 0 Å². The van der Waals surface area contributed by atoms with Crippen molar-refractivity contribution in [2.75, 3.05) is 19.6 Å². The molecule has 5 heterocycles. The number of aryl methyl sites for hydroxylation is 1. The Morgan fingerprint density at radius 2 is 2.25 bits per heavy atom. The standard InChI is InChI=1S/C21H29N5OS/c1-13(2)23-21(27)22-11-16-9-15-6-7-26(16)12-17(15)18-10-19(25-14(3)24-18)20-5-4-8-28-20/h4-5,8,10,13,15-17H,6-7,9,11-12H2,1-3H3,(H2,22,23,27). The highest BCUT2D eigenvalue weighted by Gasteiger charge is 2.41. The van der Waals surface area contributed by atoms with Crippen molar-refractivity contribution in [3.05, 3.63) is 35.1 Å². The minimum Gasteiger partial charge on any atom is -0.337 e. The van der Waals surface area contributed by atoms with Gasteiger partial charge in [0.2, 0.25) is 0 Å². The van der Waals surface area contributed by atoms with Gasteiger partial charge < -0.3 is 10.6 Å². The zero-order valence-corrected chi connectivity index (χ0v) is 17.6. The van der Waals surface area contributed by atoms with Gasteiger partial charge in [-0.1, -0.05) is 6.07 Å². The molecule has 2 aromatic rings. The fraction of sp³-hybridized carbons (Fsp3) is 0.571.